The molecule has 22 heteroatoms. The van der Waals surface area contributed by atoms with Crippen molar-refractivity contribution in [3.63, 3.8) is 0 Å². The third kappa shape index (κ3) is 21.5. The molecule has 3 heterocycles. The number of likely N-dealkylation sites (tertiary alicyclic amines) is 1. The number of amides is 3. The number of anilines is 2. The Hall–Kier alpha value is -7.99. The summed E-state index contributed by atoms with van der Waals surface area (Å²) in [5.41, 5.74) is 9.43. The standard InChI is InChI=1S/2C33H35FN2O5.C9H15NO3S.Ca/c2*1-21(2)31-30(33(41)35-25-11-7-4-8-12-25)29(22-9-5-3-6-10-22)32(23-13-15-24(34)16-14-23)36(31)18-17-26(37)19-27(38)20-28(39)40;1-6(5-14)8(11)10-4-2-3-7(10)9(12)13;/h2*3-16,21,26-27,37-38H,17-20H2,1-2H3,(H,35,41)(H,39,40);6-7,14H,2-5H2,1H3,(H,12,13);/q;;;+2/p-2/t2*26-,27-;6-,7+;/m111./s1. The fourth-order valence-corrected chi connectivity index (χ4v) is 12.2. The van der Waals surface area contributed by atoms with Crippen molar-refractivity contribution in [2.75, 3.05) is 22.9 Å². The van der Waals surface area contributed by atoms with Crippen LogP contribution in [0.1, 0.15) is 130 Å². The smallest absolute Gasteiger partial charge is 0.550 e. The van der Waals surface area contributed by atoms with Crippen molar-refractivity contribution in [1.82, 2.24) is 14.0 Å². The van der Waals surface area contributed by atoms with Crippen LogP contribution in [0.5, 0.6) is 0 Å². The predicted molar refractivity (Wildman–Crippen MR) is 370 cm³/mol. The Labute approximate surface area is 599 Å². The minimum atomic E-state index is -1.39. The number of aliphatic hydroxyl groups excluding tert-OH is 4. The van der Waals surface area contributed by atoms with Crippen molar-refractivity contribution in [3.8, 4) is 44.8 Å². The third-order valence-corrected chi connectivity index (χ3v) is 16.9. The van der Waals surface area contributed by atoms with Crippen LogP contribution in [-0.4, -0.2) is 156 Å². The van der Waals surface area contributed by atoms with Gasteiger partial charge in [-0.25, -0.2) is 13.6 Å². The van der Waals surface area contributed by atoms with E-state index >= 15 is 0 Å². The van der Waals surface area contributed by atoms with Gasteiger partial charge in [0.05, 0.1) is 46.9 Å². The number of carboxylic acid groups (broad SMARTS) is 3. The average Bonchev–Trinajstić information content (AvgIpc) is 1.60. The Bertz CT molecular complexity index is 3650. The fourth-order valence-electron chi connectivity index (χ4n) is 12.0. The van der Waals surface area contributed by atoms with Gasteiger partial charge in [0.2, 0.25) is 5.91 Å². The van der Waals surface area contributed by atoms with E-state index in [4.69, 9.17) is 5.11 Å². The summed E-state index contributed by atoms with van der Waals surface area (Å²) in [4.78, 5) is 73.8. The number of aliphatic hydroxyl groups is 4. The van der Waals surface area contributed by atoms with Crippen molar-refractivity contribution in [2.45, 2.75) is 141 Å². The summed E-state index contributed by atoms with van der Waals surface area (Å²) in [5, 5.41) is 78.1. The number of nitrogens with zero attached hydrogens (tertiary/aromatic N) is 3. The molecule has 6 aromatic carbocycles. The molecule has 7 N–H and O–H groups in total. The molecule has 9 rings (SSSR count). The summed E-state index contributed by atoms with van der Waals surface area (Å²) in [6, 6.07) is 48.8. The van der Waals surface area contributed by atoms with Gasteiger partial charge in [-0.2, -0.15) is 12.6 Å². The van der Waals surface area contributed by atoms with Crippen molar-refractivity contribution in [2.24, 2.45) is 5.92 Å². The van der Waals surface area contributed by atoms with Crippen molar-refractivity contribution < 1.29 is 73.3 Å². The van der Waals surface area contributed by atoms with Crippen molar-refractivity contribution in [1.29, 1.82) is 0 Å². The summed E-state index contributed by atoms with van der Waals surface area (Å²) < 4.78 is 32.0. The molecule has 0 aliphatic carbocycles. The van der Waals surface area contributed by atoms with E-state index in [0.29, 0.717) is 74.9 Å². The number of carboxylic acids is 3. The van der Waals surface area contributed by atoms with Gasteiger partial charge in [0.1, 0.15) is 17.7 Å². The molecule has 8 aromatic rings. The van der Waals surface area contributed by atoms with Gasteiger partial charge in [-0.3, -0.25) is 14.4 Å². The summed E-state index contributed by atoms with van der Waals surface area (Å²) in [7, 11) is 0. The quantitative estimate of drug-likeness (QED) is 0.0176. The number of thiol groups is 1. The number of aliphatic carboxylic acids is 3. The first-order valence-corrected chi connectivity index (χ1v) is 32.7. The van der Waals surface area contributed by atoms with Crippen LogP contribution >= 0.6 is 12.6 Å². The normalized spacial score (nSPS) is 14.2. The van der Waals surface area contributed by atoms with Crippen molar-refractivity contribution in [3.05, 3.63) is 204 Å². The SMILES string of the molecule is CC(C)c1c(C(=O)Nc2ccccc2)c(-c2ccccc2)c(-c2ccc(F)cc2)n1CC[C@@H](O)C[C@@H](O)CC(=O)[O-].CC(C)c1c(C(=O)Nc2ccccc2)c(-c2ccccc2)c(-c2ccc(F)cc2)n1CC[C@@H](O)C[C@@H](O)CC(=O)[O-].C[C@H](CS)C(=O)N1CCC[C@H]1C(=O)O.[Ca+2]. The van der Waals surface area contributed by atoms with Gasteiger partial charge in [0.15, 0.2) is 0 Å². The molecule has 0 spiro atoms. The Morgan fingerprint density at radius 3 is 1.20 bits per heavy atom. The minimum absolute atomic E-state index is 0. The molecule has 0 saturated carbocycles. The van der Waals surface area contributed by atoms with Crippen LogP contribution in [0.2, 0.25) is 0 Å². The molecule has 1 saturated heterocycles. The molecule has 6 atom stereocenters. The molecule has 2 aromatic heterocycles. The summed E-state index contributed by atoms with van der Waals surface area (Å²) in [6.45, 7) is 10.8. The summed E-state index contributed by atoms with van der Waals surface area (Å²) in [6.07, 6.45) is -4.19. The number of halogens is 2. The molecule has 3 amide bonds. The van der Waals surface area contributed by atoms with Gasteiger partial charge in [-0.05, 0) is 145 Å². The molecular formula is C75H83CaF2N5O13S. The number of nitrogens with one attached hydrogen (secondary N) is 2. The van der Waals surface area contributed by atoms with Gasteiger partial charge in [0, 0.05) is 90.0 Å². The van der Waals surface area contributed by atoms with E-state index in [0.717, 1.165) is 28.9 Å². The van der Waals surface area contributed by atoms with E-state index in [9.17, 15) is 68.2 Å². The Kier molecular flexibility index (Phi) is 30.3. The molecule has 18 nitrogen and oxygen atoms in total. The molecular weight excluding hydrogens is 1290 g/mol. The van der Waals surface area contributed by atoms with E-state index in [1.165, 1.54) is 29.2 Å². The number of benzene rings is 6. The van der Waals surface area contributed by atoms with Crippen LogP contribution in [0.3, 0.4) is 0 Å². The second-order valence-corrected chi connectivity index (χ2v) is 24.8. The molecule has 0 bridgehead atoms. The molecule has 1 aliphatic rings. The topological polar surface area (TPSA) is 287 Å². The largest absolute Gasteiger partial charge is 2.00 e. The van der Waals surface area contributed by atoms with Gasteiger partial charge in [-0.15, -0.1) is 0 Å². The number of aromatic nitrogens is 2. The molecule has 508 valence electrons. The minimum Gasteiger partial charge on any atom is -0.550 e. The summed E-state index contributed by atoms with van der Waals surface area (Å²) >= 11 is 4.03. The maximum absolute atomic E-state index is 14.0. The zero-order chi connectivity index (χ0) is 69.8. The predicted octanol–water partition coefficient (Wildman–Crippen LogP) is 10.2. The molecule has 1 fully saturated rings. The maximum atomic E-state index is 14.0. The van der Waals surface area contributed by atoms with E-state index in [-0.39, 0.29) is 112 Å². The first-order valence-electron chi connectivity index (χ1n) is 32.0. The van der Waals surface area contributed by atoms with E-state index < -0.39 is 72.8 Å². The second-order valence-electron chi connectivity index (χ2n) is 24.4. The van der Waals surface area contributed by atoms with Crippen LogP contribution in [0.25, 0.3) is 44.8 Å². The Morgan fingerprint density at radius 1 is 0.526 bits per heavy atom. The zero-order valence-corrected chi connectivity index (χ0v) is 58.1. The monoisotopic (exact) mass is 1370 g/mol. The van der Waals surface area contributed by atoms with Crippen LogP contribution in [0.15, 0.2) is 170 Å². The zero-order valence-electron chi connectivity index (χ0n) is 55.0. The molecule has 0 radical (unpaired) electrons. The van der Waals surface area contributed by atoms with E-state index in [1.54, 1.807) is 55.5 Å². The maximum Gasteiger partial charge on any atom is 2.00 e. The molecule has 97 heavy (non-hydrogen) atoms. The number of carbonyl (C=O) groups excluding carboxylic acids is 5. The van der Waals surface area contributed by atoms with Gasteiger partial charge < -0.3 is 70.0 Å². The molecule has 1 aliphatic heterocycles. The first kappa shape index (κ1) is 78.0. The van der Waals surface area contributed by atoms with Gasteiger partial charge >= 0.3 is 43.7 Å². The number of para-hydroxylation sites is 2. The summed E-state index contributed by atoms with van der Waals surface area (Å²) in [5.74, 6) is -5.14. The number of rotatable bonds is 27. The van der Waals surface area contributed by atoms with Crippen molar-refractivity contribution >= 4 is 97.4 Å². The van der Waals surface area contributed by atoms with Crippen LogP contribution < -0.4 is 20.8 Å². The Balaban J connectivity index is 0.000000254. The average molecular weight is 1370 g/mol. The van der Waals surface area contributed by atoms with E-state index in [1.807, 2.05) is 134 Å². The second kappa shape index (κ2) is 37.7. The first-order chi connectivity index (χ1) is 45.9. The number of hydrogen-bond acceptors (Lipinski definition) is 13. The number of carbonyl (C=O) groups is 6. The molecule has 0 unspecified atom stereocenters. The van der Waals surface area contributed by atoms with Crippen LogP contribution in [-0.2, 0) is 32.3 Å². The van der Waals surface area contributed by atoms with E-state index in [2.05, 4.69) is 23.3 Å². The number of hydrogen-bond donors (Lipinski definition) is 8. The fraction of sp³-hybridized carbons (Fsp3) is 0.333. The van der Waals surface area contributed by atoms with Gasteiger partial charge in [0.25, 0.3) is 11.8 Å². The third-order valence-electron chi connectivity index (χ3n) is 16.4. The van der Waals surface area contributed by atoms with Crippen LogP contribution in [0.4, 0.5) is 20.2 Å². The Morgan fingerprint density at radius 2 is 0.876 bits per heavy atom. The van der Waals surface area contributed by atoms with Gasteiger partial charge in [-0.1, -0.05) is 132 Å². The van der Waals surface area contributed by atoms with Crippen LogP contribution in [0, 0.1) is 17.6 Å².